The molecule has 0 bridgehead atoms. The molecule has 2 N–H and O–H groups in total. The van der Waals surface area contributed by atoms with Crippen LogP contribution in [0.4, 0.5) is 0 Å². The number of nitrogens with one attached hydrogen (secondary N) is 1. The van der Waals surface area contributed by atoms with Gasteiger partial charge in [0, 0.05) is 18.8 Å². The number of rotatable bonds is 5. The van der Waals surface area contributed by atoms with Gasteiger partial charge in [-0.25, -0.2) is 4.68 Å². The molecule has 3 aromatic rings. The van der Waals surface area contributed by atoms with Gasteiger partial charge in [0.1, 0.15) is 5.60 Å². The summed E-state index contributed by atoms with van der Waals surface area (Å²) in [6.07, 6.45) is 3.28. The summed E-state index contributed by atoms with van der Waals surface area (Å²) in [5, 5.41) is 25.3. The van der Waals surface area contributed by atoms with Gasteiger partial charge in [0.15, 0.2) is 5.69 Å². The molecular formula is C17H20N6O2. The van der Waals surface area contributed by atoms with E-state index in [4.69, 9.17) is 0 Å². The van der Waals surface area contributed by atoms with Crippen LogP contribution in [0.2, 0.25) is 0 Å². The summed E-state index contributed by atoms with van der Waals surface area (Å²) in [7, 11) is 1.77. The standard InChI is InChI=1S/C17H20N6O2/c1-12-15(20-21-23(12)14-7-5-4-6-8-14)16(24)18-11-17(2,25)13-9-19-22(3)10-13/h4-10,25H,11H2,1-3H3,(H,18,24)/t17-/m1/s1. The van der Waals surface area contributed by atoms with Gasteiger partial charge >= 0.3 is 0 Å². The zero-order valence-corrected chi connectivity index (χ0v) is 14.3. The molecule has 130 valence electrons. The van der Waals surface area contributed by atoms with Crippen molar-refractivity contribution in [2.45, 2.75) is 19.4 Å². The predicted octanol–water partition coefficient (Wildman–Crippen LogP) is 0.947. The van der Waals surface area contributed by atoms with Crippen LogP contribution in [-0.4, -0.2) is 42.3 Å². The number of carbonyl (C=O) groups is 1. The average molecular weight is 340 g/mol. The molecule has 0 spiro atoms. The summed E-state index contributed by atoms with van der Waals surface area (Å²) in [5.74, 6) is -0.385. The van der Waals surface area contributed by atoms with E-state index < -0.39 is 5.60 Å². The summed E-state index contributed by atoms with van der Waals surface area (Å²) in [6, 6.07) is 9.46. The number of para-hydroxylation sites is 1. The minimum absolute atomic E-state index is 0.0369. The number of hydrogen-bond donors (Lipinski definition) is 2. The summed E-state index contributed by atoms with van der Waals surface area (Å²) in [6.45, 7) is 3.44. The first kappa shape index (κ1) is 16.8. The van der Waals surface area contributed by atoms with Crippen molar-refractivity contribution in [3.63, 3.8) is 0 Å². The quantitative estimate of drug-likeness (QED) is 0.720. The number of aliphatic hydroxyl groups is 1. The lowest BCUT2D eigenvalue weighted by Crippen LogP contribution is -2.38. The summed E-state index contributed by atoms with van der Waals surface area (Å²) in [5.41, 5.74) is 1.08. The van der Waals surface area contributed by atoms with Crippen LogP contribution >= 0.6 is 0 Å². The van der Waals surface area contributed by atoms with Crippen molar-refractivity contribution in [3.8, 4) is 5.69 Å². The summed E-state index contributed by atoms with van der Waals surface area (Å²) < 4.78 is 3.20. The molecule has 3 rings (SSSR count). The SMILES string of the molecule is Cc1c(C(=O)NC[C@@](C)(O)c2cnn(C)c2)nnn1-c1ccccc1. The van der Waals surface area contributed by atoms with Crippen LogP contribution in [0.25, 0.3) is 5.69 Å². The molecule has 0 aliphatic heterocycles. The van der Waals surface area contributed by atoms with Crippen molar-refractivity contribution in [3.05, 3.63) is 59.7 Å². The van der Waals surface area contributed by atoms with Crippen molar-refractivity contribution in [1.29, 1.82) is 0 Å². The molecule has 0 aliphatic carbocycles. The first-order chi connectivity index (χ1) is 11.9. The Kier molecular flexibility index (Phi) is 4.37. The molecule has 0 saturated heterocycles. The number of amides is 1. The van der Waals surface area contributed by atoms with E-state index in [1.165, 1.54) is 0 Å². The van der Waals surface area contributed by atoms with E-state index in [-0.39, 0.29) is 18.1 Å². The van der Waals surface area contributed by atoms with Crippen molar-refractivity contribution >= 4 is 5.91 Å². The topological polar surface area (TPSA) is 97.9 Å². The fraction of sp³-hybridized carbons (Fsp3) is 0.294. The maximum Gasteiger partial charge on any atom is 0.273 e. The average Bonchev–Trinajstić information content (AvgIpc) is 3.20. The minimum atomic E-state index is -1.23. The Morgan fingerprint density at radius 3 is 2.68 bits per heavy atom. The molecule has 8 heteroatoms. The van der Waals surface area contributed by atoms with Gasteiger partial charge in [-0.3, -0.25) is 9.48 Å². The maximum absolute atomic E-state index is 12.4. The Morgan fingerprint density at radius 2 is 2.04 bits per heavy atom. The van der Waals surface area contributed by atoms with Gasteiger partial charge < -0.3 is 10.4 Å². The molecular weight excluding hydrogens is 320 g/mol. The highest BCUT2D eigenvalue weighted by Gasteiger charge is 2.27. The molecule has 0 radical (unpaired) electrons. The third kappa shape index (κ3) is 3.43. The molecule has 0 unspecified atom stereocenters. The van der Waals surface area contributed by atoms with Crippen LogP contribution in [0, 0.1) is 6.92 Å². The largest absolute Gasteiger partial charge is 0.383 e. The number of hydrogen-bond acceptors (Lipinski definition) is 5. The van der Waals surface area contributed by atoms with Crippen molar-refractivity contribution in [2.75, 3.05) is 6.54 Å². The van der Waals surface area contributed by atoms with Crippen LogP contribution in [0.1, 0.15) is 28.7 Å². The van der Waals surface area contributed by atoms with Crippen LogP contribution < -0.4 is 5.32 Å². The molecule has 8 nitrogen and oxygen atoms in total. The highest BCUT2D eigenvalue weighted by Crippen LogP contribution is 2.19. The van der Waals surface area contributed by atoms with Crippen LogP contribution in [0.5, 0.6) is 0 Å². The highest BCUT2D eigenvalue weighted by atomic mass is 16.3. The van der Waals surface area contributed by atoms with Crippen LogP contribution in [0.15, 0.2) is 42.7 Å². The molecule has 2 heterocycles. The molecule has 0 saturated carbocycles. The lowest BCUT2D eigenvalue weighted by molar-refractivity contribution is 0.0524. The minimum Gasteiger partial charge on any atom is -0.383 e. The zero-order valence-electron chi connectivity index (χ0n) is 14.3. The van der Waals surface area contributed by atoms with Crippen molar-refractivity contribution in [2.24, 2.45) is 7.05 Å². The fourth-order valence-corrected chi connectivity index (χ4v) is 2.49. The molecule has 0 fully saturated rings. The van der Waals surface area contributed by atoms with Crippen molar-refractivity contribution < 1.29 is 9.90 Å². The molecule has 1 atom stereocenters. The lowest BCUT2D eigenvalue weighted by atomic mass is 10.00. The van der Waals surface area contributed by atoms with E-state index in [0.29, 0.717) is 11.3 Å². The summed E-state index contributed by atoms with van der Waals surface area (Å²) in [4.78, 5) is 12.4. The van der Waals surface area contributed by atoms with E-state index in [9.17, 15) is 9.90 Å². The van der Waals surface area contributed by atoms with Gasteiger partial charge in [0.25, 0.3) is 5.91 Å². The number of aromatic nitrogens is 5. The van der Waals surface area contributed by atoms with Gasteiger partial charge in [-0.05, 0) is 26.0 Å². The van der Waals surface area contributed by atoms with Crippen molar-refractivity contribution in [1.82, 2.24) is 30.1 Å². The van der Waals surface area contributed by atoms with E-state index in [2.05, 4.69) is 20.7 Å². The molecule has 2 aromatic heterocycles. The van der Waals surface area contributed by atoms with Gasteiger partial charge in [-0.15, -0.1) is 5.10 Å². The van der Waals surface area contributed by atoms with E-state index in [1.807, 2.05) is 30.3 Å². The Balaban J connectivity index is 1.73. The predicted molar refractivity (Wildman–Crippen MR) is 91.2 cm³/mol. The first-order valence-electron chi connectivity index (χ1n) is 7.86. The Labute approximate surface area is 145 Å². The van der Waals surface area contributed by atoms with Gasteiger partial charge in [0.2, 0.25) is 0 Å². The van der Waals surface area contributed by atoms with E-state index in [1.54, 1.807) is 42.7 Å². The van der Waals surface area contributed by atoms with Gasteiger partial charge in [-0.2, -0.15) is 5.10 Å². The normalized spacial score (nSPS) is 13.4. The number of carbonyl (C=O) groups excluding carboxylic acids is 1. The smallest absolute Gasteiger partial charge is 0.273 e. The highest BCUT2D eigenvalue weighted by molar-refractivity contribution is 5.93. The maximum atomic E-state index is 12.4. The monoisotopic (exact) mass is 340 g/mol. The molecule has 0 aliphatic rings. The number of nitrogens with zero attached hydrogens (tertiary/aromatic N) is 5. The Morgan fingerprint density at radius 1 is 1.32 bits per heavy atom. The number of aryl methyl sites for hydroxylation is 1. The van der Waals surface area contributed by atoms with Crippen LogP contribution in [0.3, 0.4) is 0 Å². The lowest BCUT2D eigenvalue weighted by Gasteiger charge is -2.22. The molecule has 1 aromatic carbocycles. The molecule has 25 heavy (non-hydrogen) atoms. The zero-order chi connectivity index (χ0) is 18.0. The second-order valence-corrected chi connectivity index (χ2v) is 6.13. The second kappa shape index (κ2) is 6.48. The second-order valence-electron chi connectivity index (χ2n) is 6.13. The van der Waals surface area contributed by atoms with Crippen LogP contribution in [-0.2, 0) is 12.6 Å². The van der Waals surface area contributed by atoms with E-state index >= 15 is 0 Å². The number of benzene rings is 1. The van der Waals surface area contributed by atoms with Gasteiger partial charge in [-0.1, -0.05) is 23.4 Å². The fourth-order valence-electron chi connectivity index (χ4n) is 2.49. The molecule has 1 amide bonds. The van der Waals surface area contributed by atoms with E-state index in [0.717, 1.165) is 5.69 Å². The Hall–Kier alpha value is -3.00. The van der Waals surface area contributed by atoms with Gasteiger partial charge in [0.05, 0.1) is 24.1 Å². The first-order valence-corrected chi connectivity index (χ1v) is 7.86. The third-order valence-electron chi connectivity index (χ3n) is 4.03. The third-order valence-corrected chi connectivity index (χ3v) is 4.03. The Bertz CT molecular complexity index is 882. The summed E-state index contributed by atoms with van der Waals surface area (Å²) >= 11 is 0.